The molecule has 4 N–H and O–H groups in total. The molecule has 0 aliphatic carbocycles. The van der Waals surface area contributed by atoms with Crippen LogP contribution in [0, 0.1) is 0 Å². The van der Waals surface area contributed by atoms with Crippen LogP contribution >= 0.6 is 0 Å². The molecule has 0 radical (unpaired) electrons. The summed E-state index contributed by atoms with van der Waals surface area (Å²) in [6.45, 7) is 0.00679. The monoisotopic (exact) mass is 296 g/mol. The molecule has 0 bridgehead atoms. The van der Waals surface area contributed by atoms with Gasteiger partial charge in [0.15, 0.2) is 0 Å². The van der Waals surface area contributed by atoms with Crippen molar-refractivity contribution >= 4 is 27.5 Å². The Bertz CT molecular complexity index is 698. The van der Waals surface area contributed by atoms with Crippen LogP contribution in [0.15, 0.2) is 36.7 Å². The number of nitrogens with two attached hydrogens (primary N) is 1. The summed E-state index contributed by atoms with van der Waals surface area (Å²) in [5.74, 6) is -0.316. The minimum atomic E-state index is -3.85. The zero-order valence-electron chi connectivity index (χ0n) is 10.2. The molecule has 1 aromatic carbocycles. The van der Waals surface area contributed by atoms with Crippen LogP contribution in [0.25, 0.3) is 0 Å². The molecule has 20 heavy (non-hydrogen) atoms. The zero-order valence-corrected chi connectivity index (χ0v) is 11.0. The van der Waals surface area contributed by atoms with Gasteiger partial charge < -0.3 is 5.32 Å². The Morgan fingerprint density at radius 1 is 1.35 bits per heavy atom. The summed E-state index contributed by atoms with van der Waals surface area (Å²) < 4.78 is 25.3. The molecular formula is C10H12N6O3S. The molecule has 0 saturated carbocycles. The summed E-state index contributed by atoms with van der Waals surface area (Å²) in [6.07, 6.45) is 3.02. The summed E-state index contributed by atoms with van der Waals surface area (Å²) in [7, 11) is -3.85. The van der Waals surface area contributed by atoms with E-state index < -0.39 is 10.2 Å². The molecule has 0 unspecified atom stereocenters. The van der Waals surface area contributed by atoms with Crippen LogP contribution in [0.3, 0.4) is 0 Å². The van der Waals surface area contributed by atoms with Gasteiger partial charge in [-0.25, -0.2) is 9.82 Å². The quantitative estimate of drug-likeness (QED) is 0.686. The van der Waals surface area contributed by atoms with Crippen molar-refractivity contribution in [1.82, 2.24) is 15.0 Å². The molecule has 1 aromatic heterocycles. The van der Waals surface area contributed by atoms with E-state index in [9.17, 15) is 13.2 Å². The Kier molecular flexibility index (Phi) is 3.96. The van der Waals surface area contributed by atoms with E-state index in [4.69, 9.17) is 5.14 Å². The molecule has 1 heterocycles. The summed E-state index contributed by atoms with van der Waals surface area (Å²) in [4.78, 5) is 11.7. The van der Waals surface area contributed by atoms with Gasteiger partial charge in [-0.1, -0.05) is 11.3 Å². The topological polar surface area (TPSA) is 132 Å². The number of anilines is 2. The standard InChI is InChI=1S/C10H12N6O3S/c11-20(18,19)14-9-3-1-2-8(6-9)13-10(17)7-16-5-4-12-15-16/h1-6,14H,7H2,(H,13,17)(H2,11,18,19). The Hall–Kier alpha value is -2.46. The molecule has 2 rings (SSSR count). The van der Waals surface area contributed by atoms with Crippen LogP contribution in [0.4, 0.5) is 11.4 Å². The maximum absolute atomic E-state index is 11.7. The molecule has 0 fully saturated rings. The molecular weight excluding hydrogens is 284 g/mol. The second kappa shape index (κ2) is 5.67. The first-order chi connectivity index (χ1) is 9.42. The number of amides is 1. The van der Waals surface area contributed by atoms with Crippen molar-refractivity contribution in [2.45, 2.75) is 6.54 Å². The fourth-order valence-corrected chi connectivity index (χ4v) is 1.94. The Morgan fingerprint density at radius 3 is 2.75 bits per heavy atom. The molecule has 2 aromatic rings. The highest BCUT2D eigenvalue weighted by atomic mass is 32.2. The van der Waals surface area contributed by atoms with Crippen molar-refractivity contribution in [3.05, 3.63) is 36.7 Å². The van der Waals surface area contributed by atoms with E-state index >= 15 is 0 Å². The molecule has 0 atom stereocenters. The van der Waals surface area contributed by atoms with E-state index in [1.54, 1.807) is 18.3 Å². The summed E-state index contributed by atoms with van der Waals surface area (Å²) in [5.41, 5.74) is 0.690. The SMILES string of the molecule is NS(=O)(=O)Nc1cccc(NC(=O)Cn2ccnn2)c1. The lowest BCUT2D eigenvalue weighted by atomic mass is 10.3. The number of carbonyl (C=O) groups excluding carboxylic acids is 1. The highest BCUT2D eigenvalue weighted by Crippen LogP contribution is 2.15. The van der Waals surface area contributed by atoms with Crippen molar-refractivity contribution in [2.75, 3.05) is 10.0 Å². The number of benzene rings is 1. The zero-order chi connectivity index (χ0) is 14.6. The van der Waals surface area contributed by atoms with Gasteiger partial charge in [0, 0.05) is 11.9 Å². The van der Waals surface area contributed by atoms with E-state index in [1.165, 1.54) is 23.0 Å². The third-order valence-electron chi connectivity index (χ3n) is 2.18. The van der Waals surface area contributed by atoms with Crippen LogP contribution in [0.1, 0.15) is 0 Å². The maximum atomic E-state index is 11.7. The third-order valence-corrected chi connectivity index (χ3v) is 2.70. The number of nitrogens with zero attached hydrogens (tertiary/aromatic N) is 3. The first kappa shape index (κ1) is 14.0. The van der Waals surface area contributed by atoms with Gasteiger partial charge in [0.05, 0.1) is 11.9 Å². The Morgan fingerprint density at radius 2 is 2.10 bits per heavy atom. The highest BCUT2D eigenvalue weighted by Gasteiger charge is 2.06. The number of hydrogen-bond acceptors (Lipinski definition) is 5. The lowest BCUT2D eigenvalue weighted by Gasteiger charge is -2.08. The van der Waals surface area contributed by atoms with Crippen LogP contribution in [0.5, 0.6) is 0 Å². The lowest BCUT2D eigenvalue weighted by molar-refractivity contribution is -0.116. The lowest BCUT2D eigenvalue weighted by Crippen LogP contribution is -2.22. The van der Waals surface area contributed by atoms with Crippen LogP contribution < -0.4 is 15.2 Å². The molecule has 0 aliphatic heterocycles. The number of carbonyl (C=O) groups is 1. The number of aromatic nitrogens is 3. The third kappa shape index (κ3) is 4.33. The van der Waals surface area contributed by atoms with Gasteiger partial charge in [-0.2, -0.15) is 8.42 Å². The first-order valence-corrected chi connectivity index (χ1v) is 7.01. The van der Waals surface area contributed by atoms with E-state index in [-0.39, 0.29) is 18.1 Å². The second-order valence-corrected chi connectivity index (χ2v) is 5.17. The Labute approximate surface area is 115 Å². The van der Waals surface area contributed by atoms with Crippen molar-refractivity contribution in [3.8, 4) is 0 Å². The fourth-order valence-electron chi connectivity index (χ4n) is 1.49. The van der Waals surface area contributed by atoms with E-state index in [1.807, 2.05) is 0 Å². The molecule has 0 aliphatic rings. The van der Waals surface area contributed by atoms with Gasteiger partial charge in [0.1, 0.15) is 6.54 Å². The molecule has 0 saturated heterocycles. The van der Waals surface area contributed by atoms with Crippen LogP contribution in [-0.4, -0.2) is 29.3 Å². The van der Waals surface area contributed by atoms with E-state index in [0.717, 1.165) is 0 Å². The average molecular weight is 296 g/mol. The summed E-state index contributed by atoms with van der Waals surface area (Å²) in [5, 5.41) is 14.7. The van der Waals surface area contributed by atoms with Gasteiger partial charge >= 0.3 is 0 Å². The Balaban J connectivity index is 2.02. The molecule has 10 heteroatoms. The minimum Gasteiger partial charge on any atom is -0.324 e. The van der Waals surface area contributed by atoms with Gasteiger partial charge in [-0.15, -0.1) is 5.10 Å². The number of nitrogens with one attached hydrogen (secondary N) is 2. The fraction of sp³-hybridized carbons (Fsp3) is 0.100. The van der Waals surface area contributed by atoms with Gasteiger partial charge in [0.25, 0.3) is 10.2 Å². The highest BCUT2D eigenvalue weighted by molar-refractivity contribution is 7.90. The number of hydrogen-bond donors (Lipinski definition) is 3. The summed E-state index contributed by atoms with van der Waals surface area (Å²) in [6, 6.07) is 6.16. The normalized spacial score (nSPS) is 11.1. The van der Waals surface area contributed by atoms with Gasteiger partial charge in [-0.3, -0.25) is 9.52 Å². The van der Waals surface area contributed by atoms with Crippen molar-refractivity contribution in [2.24, 2.45) is 5.14 Å². The van der Waals surface area contributed by atoms with E-state index in [2.05, 4.69) is 20.4 Å². The summed E-state index contributed by atoms with van der Waals surface area (Å²) >= 11 is 0. The average Bonchev–Trinajstić information content (AvgIpc) is 2.79. The molecule has 1 amide bonds. The van der Waals surface area contributed by atoms with Crippen molar-refractivity contribution in [1.29, 1.82) is 0 Å². The van der Waals surface area contributed by atoms with E-state index in [0.29, 0.717) is 5.69 Å². The van der Waals surface area contributed by atoms with Crippen molar-refractivity contribution < 1.29 is 13.2 Å². The molecule has 0 spiro atoms. The van der Waals surface area contributed by atoms with Crippen molar-refractivity contribution in [3.63, 3.8) is 0 Å². The maximum Gasteiger partial charge on any atom is 0.296 e. The molecule has 9 nitrogen and oxygen atoms in total. The van der Waals surface area contributed by atoms with Crippen LogP contribution in [0.2, 0.25) is 0 Å². The second-order valence-electron chi connectivity index (χ2n) is 3.88. The largest absolute Gasteiger partial charge is 0.324 e. The van der Waals surface area contributed by atoms with Crippen LogP contribution in [-0.2, 0) is 21.5 Å². The number of rotatable bonds is 5. The first-order valence-electron chi connectivity index (χ1n) is 5.47. The molecule has 106 valence electrons. The minimum absolute atomic E-state index is 0.00679. The predicted molar refractivity (Wildman–Crippen MR) is 71.8 cm³/mol. The van der Waals surface area contributed by atoms with Gasteiger partial charge in [0.2, 0.25) is 5.91 Å². The van der Waals surface area contributed by atoms with Gasteiger partial charge in [-0.05, 0) is 18.2 Å². The smallest absolute Gasteiger partial charge is 0.296 e. The predicted octanol–water partition coefficient (Wildman–Crippen LogP) is -0.468.